The van der Waals surface area contributed by atoms with Crippen molar-refractivity contribution in [3.8, 4) is 0 Å². The molecule has 0 fully saturated rings. The number of ether oxygens (including phenoxy) is 1. The Morgan fingerprint density at radius 1 is 1.70 bits per heavy atom. The van der Waals surface area contributed by atoms with E-state index in [1.54, 1.807) is 6.08 Å². The van der Waals surface area contributed by atoms with Crippen LogP contribution < -0.4 is 0 Å². The van der Waals surface area contributed by atoms with E-state index < -0.39 is 0 Å². The highest BCUT2D eigenvalue weighted by atomic mass is 16.5. The summed E-state index contributed by atoms with van der Waals surface area (Å²) in [6, 6.07) is 0. The summed E-state index contributed by atoms with van der Waals surface area (Å²) in [5.74, 6) is 0.632. The maximum Gasteiger partial charge on any atom is 0.113 e. The molecule has 0 unspecified atom stereocenters. The highest BCUT2D eigenvalue weighted by molar-refractivity contribution is 5.29. The first kappa shape index (κ1) is 8.95. The van der Waals surface area contributed by atoms with Crippen LogP contribution in [0.3, 0.4) is 0 Å². The number of aliphatic imine (C=N–C) groups is 1. The zero-order valence-corrected chi connectivity index (χ0v) is 6.55. The lowest BCUT2D eigenvalue weighted by Crippen LogP contribution is -1.86. The molecule has 10 heavy (non-hydrogen) atoms. The SMILES string of the molecule is C=N/C(C)=C\C(=C)OCC. The minimum atomic E-state index is 0.632. The van der Waals surface area contributed by atoms with Crippen LogP contribution in [0.4, 0.5) is 0 Å². The van der Waals surface area contributed by atoms with Gasteiger partial charge in [-0.15, -0.1) is 0 Å². The molecular formula is C8H13NO. The first-order valence-electron chi connectivity index (χ1n) is 3.17. The molecule has 0 N–H and O–H groups in total. The first-order valence-corrected chi connectivity index (χ1v) is 3.17. The van der Waals surface area contributed by atoms with Crippen LogP contribution in [0, 0.1) is 0 Å². The molecule has 0 amide bonds. The Hall–Kier alpha value is -1.05. The van der Waals surface area contributed by atoms with Crippen molar-refractivity contribution in [3.63, 3.8) is 0 Å². The number of allylic oxidation sites excluding steroid dienone is 2. The normalized spacial score (nSPS) is 10.8. The van der Waals surface area contributed by atoms with Crippen molar-refractivity contribution in [2.45, 2.75) is 13.8 Å². The second-order valence-corrected chi connectivity index (χ2v) is 1.84. The highest BCUT2D eigenvalue weighted by Gasteiger charge is 1.86. The number of hydrogen-bond donors (Lipinski definition) is 0. The van der Waals surface area contributed by atoms with E-state index >= 15 is 0 Å². The Morgan fingerprint density at radius 3 is 2.70 bits per heavy atom. The van der Waals surface area contributed by atoms with Crippen LogP contribution in [0.25, 0.3) is 0 Å². The van der Waals surface area contributed by atoms with Gasteiger partial charge in [0, 0.05) is 11.8 Å². The van der Waals surface area contributed by atoms with Crippen LogP contribution in [-0.4, -0.2) is 13.3 Å². The second kappa shape index (κ2) is 4.79. The van der Waals surface area contributed by atoms with Crippen LogP contribution in [0.5, 0.6) is 0 Å². The molecule has 0 radical (unpaired) electrons. The van der Waals surface area contributed by atoms with Crippen molar-refractivity contribution in [3.05, 3.63) is 24.1 Å². The molecule has 2 nitrogen and oxygen atoms in total. The van der Waals surface area contributed by atoms with E-state index in [-0.39, 0.29) is 0 Å². The fraction of sp³-hybridized carbons (Fsp3) is 0.375. The summed E-state index contributed by atoms with van der Waals surface area (Å²) < 4.78 is 5.06. The summed E-state index contributed by atoms with van der Waals surface area (Å²) in [6.45, 7) is 11.4. The standard InChI is InChI=1S/C8H13NO/c1-5-10-8(3)6-7(2)9-4/h6H,3-5H2,1-2H3/b7-6-. The van der Waals surface area contributed by atoms with Gasteiger partial charge in [0.05, 0.1) is 6.61 Å². The van der Waals surface area contributed by atoms with Gasteiger partial charge in [-0.2, -0.15) is 0 Å². The summed E-state index contributed by atoms with van der Waals surface area (Å²) in [5, 5.41) is 0. The smallest absolute Gasteiger partial charge is 0.113 e. The monoisotopic (exact) mass is 139 g/mol. The lowest BCUT2D eigenvalue weighted by molar-refractivity contribution is 0.244. The zero-order valence-electron chi connectivity index (χ0n) is 6.55. The fourth-order valence-corrected chi connectivity index (χ4v) is 0.506. The van der Waals surface area contributed by atoms with Crippen LogP contribution >= 0.6 is 0 Å². The van der Waals surface area contributed by atoms with Crippen molar-refractivity contribution in [2.24, 2.45) is 4.99 Å². The molecule has 0 rings (SSSR count). The van der Waals surface area contributed by atoms with Crippen LogP contribution in [0.1, 0.15) is 13.8 Å². The quantitative estimate of drug-likeness (QED) is 0.332. The Bertz CT molecular complexity index is 159. The van der Waals surface area contributed by atoms with E-state index in [0.29, 0.717) is 12.4 Å². The van der Waals surface area contributed by atoms with Gasteiger partial charge in [-0.1, -0.05) is 6.58 Å². The van der Waals surface area contributed by atoms with E-state index in [1.807, 2.05) is 13.8 Å². The molecule has 0 aliphatic rings. The average molecular weight is 139 g/mol. The van der Waals surface area contributed by atoms with Gasteiger partial charge >= 0.3 is 0 Å². The molecule has 0 aliphatic carbocycles. The Balaban J connectivity index is 3.86. The minimum absolute atomic E-state index is 0.632. The van der Waals surface area contributed by atoms with Crippen molar-refractivity contribution in [1.29, 1.82) is 0 Å². The summed E-state index contributed by atoms with van der Waals surface area (Å²) in [6.07, 6.45) is 1.75. The van der Waals surface area contributed by atoms with E-state index in [9.17, 15) is 0 Å². The number of rotatable bonds is 4. The lowest BCUT2D eigenvalue weighted by atomic mass is 10.4. The molecule has 0 heterocycles. The highest BCUT2D eigenvalue weighted by Crippen LogP contribution is 2.01. The van der Waals surface area contributed by atoms with E-state index in [2.05, 4.69) is 18.3 Å². The average Bonchev–Trinajstić information content (AvgIpc) is 1.88. The van der Waals surface area contributed by atoms with E-state index in [1.165, 1.54) is 0 Å². The van der Waals surface area contributed by atoms with Crippen molar-refractivity contribution in [2.75, 3.05) is 6.61 Å². The summed E-state index contributed by atoms with van der Waals surface area (Å²) >= 11 is 0. The third kappa shape index (κ3) is 3.89. The lowest BCUT2D eigenvalue weighted by Gasteiger charge is -2.00. The molecule has 0 aliphatic heterocycles. The van der Waals surface area contributed by atoms with Crippen LogP contribution in [0.2, 0.25) is 0 Å². The summed E-state index contributed by atoms with van der Waals surface area (Å²) in [7, 11) is 0. The maximum atomic E-state index is 5.06. The first-order chi connectivity index (χ1) is 4.70. The van der Waals surface area contributed by atoms with Gasteiger partial charge in [0.15, 0.2) is 0 Å². The zero-order chi connectivity index (χ0) is 7.98. The molecule has 0 atom stereocenters. The molecule has 0 aromatic heterocycles. The van der Waals surface area contributed by atoms with Gasteiger partial charge < -0.3 is 4.74 Å². The largest absolute Gasteiger partial charge is 0.494 e. The van der Waals surface area contributed by atoms with Gasteiger partial charge in [0.25, 0.3) is 0 Å². The molecule has 0 bridgehead atoms. The van der Waals surface area contributed by atoms with Gasteiger partial charge in [-0.3, -0.25) is 4.99 Å². The van der Waals surface area contributed by atoms with Crippen molar-refractivity contribution >= 4 is 6.72 Å². The molecule has 0 saturated carbocycles. The molecule has 2 heteroatoms. The van der Waals surface area contributed by atoms with Gasteiger partial charge in [-0.05, 0) is 20.6 Å². The minimum Gasteiger partial charge on any atom is -0.494 e. The Morgan fingerprint density at radius 2 is 2.30 bits per heavy atom. The molecule has 56 valence electrons. The molecule has 0 aromatic carbocycles. The van der Waals surface area contributed by atoms with Gasteiger partial charge in [0.1, 0.15) is 5.76 Å². The van der Waals surface area contributed by atoms with E-state index in [0.717, 1.165) is 5.70 Å². The Labute approximate surface area is 61.9 Å². The van der Waals surface area contributed by atoms with Gasteiger partial charge in [-0.25, -0.2) is 0 Å². The fourth-order valence-electron chi connectivity index (χ4n) is 0.506. The number of hydrogen-bond acceptors (Lipinski definition) is 2. The maximum absolute atomic E-state index is 5.06. The molecule has 0 aromatic rings. The van der Waals surface area contributed by atoms with Crippen LogP contribution in [-0.2, 0) is 4.74 Å². The molecule has 0 spiro atoms. The second-order valence-electron chi connectivity index (χ2n) is 1.84. The van der Waals surface area contributed by atoms with Crippen molar-refractivity contribution in [1.82, 2.24) is 0 Å². The predicted octanol–water partition coefficient (Wildman–Crippen LogP) is 2.14. The summed E-state index contributed by atoms with van der Waals surface area (Å²) in [5.41, 5.74) is 0.818. The topological polar surface area (TPSA) is 21.6 Å². The third-order valence-electron chi connectivity index (χ3n) is 0.949. The molecule has 0 saturated heterocycles. The van der Waals surface area contributed by atoms with Gasteiger partial charge in [0.2, 0.25) is 0 Å². The van der Waals surface area contributed by atoms with E-state index in [4.69, 9.17) is 4.74 Å². The van der Waals surface area contributed by atoms with Crippen LogP contribution in [0.15, 0.2) is 29.1 Å². The predicted molar refractivity (Wildman–Crippen MR) is 44.1 cm³/mol. The molecular weight excluding hydrogens is 126 g/mol. The number of nitrogens with zero attached hydrogens (tertiary/aromatic N) is 1. The summed E-state index contributed by atoms with van der Waals surface area (Å²) in [4.78, 5) is 3.68. The third-order valence-corrected chi connectivity index (χ3v) is 0.949. The van der Waals surface area contributed by atoms with Crippen molar-refractivity contribution < 1.29 is 4.74 Å². The Kier molecular flexibility index (Phi) is 4.29.